The zero-order valence-corrected chi connectivity index (χ0v) is 11.5. The molecule has 0 aromatic heterocycles. The van der Waals surface area contributed by atoms with Crippen LogP contribution in [-0.4, -0.2) is 51.8 Å². The van der Waals surface area contributed by atoms with Crippen LogP contribution in [0.4, 0.5) is 0 Å². The Bertz CT molecular complexity index is 290. The molecule has 0 saturated carbocycles. The molecule has 3 fully saturated rings. The van der Waals surface area contributed by atoms with E-state index in [0.717, 1.165) is 37.2 Å². The molecule has 3 nitrogen and oxygen atoms in total. The molecule has 0 amide bonds. The lowest BCUT2D eigenvalue weighted by Gasteiger charge is -2.52. The number of nitrogens with two attached hydrogens (primary N) is 1. The Morgan fingerprint density at radius 1 is 1.18 bits per heavy atom. The number of hydrogen-bond donors (Lipinski definition) is 2. The minimum absolute atomic E-state index is 0.319. The van der Waals surface area contributed by atoms with E-state index in [1.54, 1.807) is 0 Å². The highest BCUT2D eigenvalue weighted by molar-refractivity contribution is 7.99. The van der Waals surface area contributed by atoms with Crippen molar-refractivity contribution >= 4 is 11.8 Å². The van der Waals surface area contributed by atoms with Crippen molar-refractivity contribution in [2.75, 3.05) is 18.6 Å². The van der Waals surface area contributed by atoms with Crippen LogP contribution >= 0.6 is 11.8 Å². The zero-order chi connectivity index (χ0) is 12.1. The molecule has 4 heteroatoms. The molecule has 3 N–H and O–H groups in total. The molecule has 2 unspecified atom stereocenters. The van der Waals surface area contributed by atoms with Crippen LogP contribution in [0.3, 0.4) is 0 Å². The third-order valence-corrected chi connectivity index (χ3v) is 6.43. The first-order valence-corrected chi connectivity index (χ1v) is 8.01. The molecule has 0 radical (unpaired) electrons. The highest BCUT2D eigenvalue weighted by Gasteiger charge is 2.55. The zero-order valence-electron chi connectivity index (χ0n) is 10.7. The summed E-state index contributed by atoms with van der Waals surface area (Å²) in [5.74, 6) is 2.23. The molecule has 0 aromatic rings. The number of thioether (sulfide) groups is 1. The average molecular weight is 256 g/mol. The molecule has 98 valence electrons. The van der Waals surface area contributed by atoms with Crippen molar-refractivity contribution < 1.29 is 5.11 Å². The Balaban J connectivity index is 1.82. The van der Waals surface area contributed by atoms with Crippen molar-refractivity contribution in [1.82, 2.24) is 4.90 Å². The Morgan fingerprint density at radius 2 is 1.71 bits per heavy atom. The number of nitrogens with zero attached hydrogens (tertiary/aromatic N) is 1. The quantitative estimate of drug-likeness (QED) is 0.740. The van der Waals surface area contributed by atoms with E-state index >= 15 is 0 Å². The van der Waals surface area contributed by atoms with Gasteiger partial charge in [-0.2, -0.15) is 11.8 Å². The second-order valence-corrected chi connectivity index (χ2v) is 7.48. The lowest BCUT2D eigenvalue weighted by Crippen LogP contribution is -2.67. The van der Waals surface area contributed by atoms with Crippen molar-refractivity contribution in [3.63, 3.8) is 0 Å². The molecule has 17 heavy (non-hydrogen) atoms. The number of fused-ring (bicyclic) bond motifs is 2. The monoisotopic (exact) mass is 256 g/mol. The molecule has 2 atom stereocenters. The number of piperidine rings is 1. The Labute approximate surface area is 108 Å². The van der Waals surface area contributed by atoms with E-state index in [-0.39, 0.29) is 5.54 Å². The molecular formula is C13H24N2OS. The number of rotatable bonds is 1. The van der Waals surface area contributed by atoms with E-state index in [1.807, 2.05) is 11.8 Å². The smallest absolute Gasteiger partial charge is 0.0856 e. The standard InChI is InChI=1S/C13H24N2OS/c1-15-10-2-3-11(15)9-13(16,8-10)12(14)4-6-17-7-5-12/h10-11,16H,2-9,14H2,1H3. The Kier molecular flexibility index (Phi) is 2.97. The topological polar surface area (TPSA) is 49.5 Å². The molecule has 3 heterocycles. The van der Waals surface area contributed by atoms with Crippen LogP contribution in [0, 0.1) is 0 Å². The van der Waals surface area contributed by atoms with Gasteiger partial charge in [-0.1, -0.05) is 0 Å². The van der Waals surface area contributed by atoms with Crippen molar-refractivity contribution in [1.29, 1.82) is 0 Å². The van der Waals surface area contributed by atoms with Gasteiger partial charge in [-0.3, -0.25) is 0 Å². The maximum atomic E-state index is 11.1. The molecule has 2 bridgehead atoms. The van der Waals surface area contributed by atoms with E-state index in [2.05, 4.69) is 11.9 Å². The highest BCUT2D eigenvalue weighted by Crippen LogP contribution is 2.47. The fraction of sp³-hybridized carbons (Fsp3) is 1.00. The summed E-state index contributed by atoms with van der Waals surface area (Å²) in [5, 5.41) is 11.1. The van der Waals surface area contributed by atoms with Crippen LogP contribution in [0.15, 0.2) is 0 Å². The molecule has 3 saturated heterocycles. The van der Waals surface area contributed by atoms with Crippen LogP contribution in [0.2, 0.25) is 0 Å². The van der Waals surface area contributed by atoms with Crippen LogP contribution < -0.4 is 5.73 Å². The average Bonchev–Trinajstić information content (AvgIpc) is 2.53. The maximum absolute atomic E-state index is 11.1. The van der Waals surface area contributed by atoms with Gasteiger partial charge in [0.1, 0.15) is 0 Å². The van der Waals surface area contributed by atoms with Gasteiger partial charge >= 0.3 is 0 Å². The van der Waals surface area contributed by atoms with Gasteiger partial charge in [0.2, 0.25) is 0 Å². The summed E-state index contributed by atoms with van der Waals surface area (Å²) in [6.07, 6.45) is 6.24. The fourth-order valence-electron chi connectivity index (χ4n) is 4.05. The predicted octanol–water partition coefficient (Wildman–Crippen LogP) is 1.20. The largest absolute Gasteiger partial charge is 0.388 e. The molecule has 3 rings (SSSR count). The third kappa shape index (κ3) is 1.84. The van der Waals surface area contributed by atoms with Crippen LogP contribution in [0.5, 0.6) is 0 Å². The van der Waals surface area contributed by atoms with E-state index in [1.165, 1.54) is 12.8 Å². The van der Waals surface area contributed by atoms with Crippen molar-refractivity contribution in [3.8, 4) is 0 Å². The second-order valence-electron chi connectivity index (χ2n) is 6.26. The van der Waals surface area contributed by atoms with E-state index in [9.17, 15) is 5.11 Å². The van der Waals surface area contributed by atoms with Gasteiger partial charge in [0, 0.05) is 17.6 Å². The first-order valence-electron chi connectivity index (χ1n) is 6.85. The van der Waals surface area contributed by atoms with Gasteiger partial charge in [-0.15, -0.1) is 0 Å². The Morgan fingerprint density at radius 3 is 2.24 bits per heavy atom. The van der Waals surface area contributed by atoms with E-state index < -0.39 is 5.60 Å². The SMILES string of the molecule is CN1C2CCC1CC(O)(C1(N)CCSCC1)C2. The second kappa shape index (κ2) is 4.12. The molecule has 0 aromatic carbocycles. The molecule has 0 aliphatic carbocycles. The third-order valence-electron chi connectivity index (χ3n) is 5.44. The molecule has 3 aliphatic heterocycles. The summed E-state index contributed by atoms with van der Waals surface area (Å²) in [7, 11) is 2.21. The van der Waals surface area contributed by atoms with Gasteiger partial charge in [0.05, 0.1) is 5.60 Å². The van der Waals surface area contributed by atoms with Crippen LogP contribution in [-0.2, 0) is 0 Å². The van der Waals surface area contributed by atoms with E-state index in [0.29, 0.717) is 12.1 Å². The molecule has 3 aliphatic rings. The highest BCUT2D eigenvalue weighted by atomic mass is 32.2. The van der Waals surface area contributed by atoms with Gasteiger partial charge < -0.3 is 15.7 Å². The first kappa shape index (κ1) is 12.3. The summed E-state index contributed by atoms with van der Waals surface area (Å²) in [4.78, 5) is 2.47. The van der Waals surface area contributed by atoms with Crippen LogP contribution in [0.25, 0.3) is 0 Å². The van der Waals surface area contributed by atoms with Crippen molar-refractivity contribution in [3.05, 3.63) is 0 Å². The lowest BCUT2D eigenvalue weighted by atomic mass is 9.69. The van der Waals surface area contributed by atoms with Crippen molar-refractivity contribution in [2.24, 2.45) is 5.73 Å². The minimum Gasteiger partial charge on any atom is -0.388 e. The fourth-order valence-corrected chi connectivity index (χ4v) is 5.27. The Hall–Kier alpha value is 0.230. The van der Waals surface area contributed by atoms with Crippen LogP contribution in [0.1, 0.15) is 38.5 Å². The summed E-state index contributed by atoms with van der Waals surface area (Å²) in [6, 6.07) is 1.13. The number of aliphatic hydroxyl groups is 1. The van der Waals surface area contributed by atoms with Gasteiger partial charge in [-0.25, -0.2) is 0 Å². The summed E-state index contributed by atoms with van der Waals surface area (Å²) in [5.41, 5.74) is 5.66. The maximum Gasteiger partial charge on any atom is 0.0856 e. The lowest BCUT2D eigenvalue weighted by molar-refractivity contribution is -0.101. The summed E-state index contributed by atoms with van der Waals surface area (Å²) in [6.45, 7) is 0. The normalized spacial score (nSPS) is 46.1. The molecular weight excluding hydrogens is 232 g/mol. The minimum atomic E-state index is -0.605. The van der Waals surface area contributed by atoms with Gasteiger partial charge in [0.25, 0.3) is 0 Å². The summed E-state index contributed by atoms with van der Waals surface area (Å²) >= 11 is 1.98. The summed E-state index contributed by atoms with van der Waals surface area (Å²) < 4.78 is 0. The van der Waals surface area contributed by atoms with Gasteiger partial charge in [-0.05, 0) is 57.1 Å². The predicted molar refractivity (Wildman–Crippen MR) is 72.2 cm³/mol. The number of hydrogen-bond acceptors (Lipinski definition) is 4. The van der Waals surface area contributed by atoms with Crippen molar-refractivity contribution in [2.45, 2.75) is 61.7 Å². The van der Waals surface area contributed by atoms with Gasteiger partial charge in [0.15, 0.2) is 0 Å². The first-order chi connectivity index (χ1) is 8.04. The van der Waals surface area contributed by atoms with E-state index in [4.69, 9.17) is 5.73 Å². The molecule has 0 spiro atoms.